The van der Waals surface area contributed by atoms with Crippen molar-refractivity contribution in [2.75, 3.05) is 0 Å². The van der Waals surface area contributed by atoms with E-state index < -0.39 is 0 Å². The van der Waals surface area contributed by atoms with Crippen LogP contribution >= 0.6 is 0 Å². The molecule has 1 aliphatic carbocycles. The zero-order valence-corrected chi connectivity index (χ0v) is 9.69. The number of aryl methyl sites for hydroxylation is 1. The molecular weight excluding hydrogens is 186 g/mol. The Hall–Kier alpha value is -0.830. The van der Waals surface area contributed by atoms with Crippen molar-refractivity contribution in [2.45, 2.75) is 44.6 Å². The fourth-order valence-electron chi connectivity index (χ4n) is 2.81. The fraction of sp³-hybridized carbons (Fsp3) is 0.750. The lowest BCUT2D eigenvalue weighted by Crippen LogP contribution is -2.33. The van der Waals surface area contributed by atoms with Crippen LogP contribution in [0.1, 0.15) is 44.3 Å². The molecule has 3 heteroatoms. The first-order valence-corrected chi connectivity index (χ1v) is 5.95. The van der Waals surface area contributed by atoms with Gasteiger partial charge in [-0.2, -0.15) is 0 Å². The zero-order chi connectivity index (χ0) is 10.8. The van der Waals surface area contributed by atoms with Gasteiger partial charge in [0.2, 0.25) is 0 Å². The highest BCUT2D eigenvalue weighted by atomic mass is 15.0. The molecule has 3 atom stereocenters. The van der Waals surface area contributed by atoms with Crippen LogP contribution in [0.4, 0.5) is 0 Å². The van der Waals surface area contributed by atoms with Gasteiger partial charge in [-0.15, -0.1) is 0 Å². The Kier molecular flexibility index (Phi) is 3.10. The molecule has 0 aromatic carbocycles. The Labute approximate surface area is 91.7 Å². The summed E-state index contributed by atoms with van der Waals surface area (Å²) in [5.74, 6) is 2.56. The first kappa shape index (κ1) is 10.7. The third kappa shape index (κ3) is 2.07. The van der Waals surface area contributed by atoms with E-state index >= 15 is 0 Å². The topological polar surface area (TPSA) is 43.8 Å². The normalized spacial score (nSPS) is 31.8. The highest BCUT2D eigenvalue weighted by Gasteiger charge is 2.31. The molecule has 1 fully saturated rings. The molecule has 3 unspecified atom stereocenters. The number of nitrogens with two attached hydrogens (primary N) is 1. The maximum absolute atomic E-state index is 6.06. The number of aromatic nitrogens is 2. The number of nitrogens with zero attached hydrogens (tertiary/aromatic N) is 2. The van der Waals surface area contributed by atoms with Gasteiger partial charge in [0.15, 0.2) is 0 Å². The van der Waals surface area contributed by atoms with E-state index in [1.807, 2.05) is 12.4 Å². The molecule has 0 aliphatic heterocycles. The van der Waals surface area contributed by atoms with Gasteiger partial charge in [0, 0.05) is 31.4 Å². The van der Waals surface area contributed by atoms with Gasteiger partial charge in [-0.3, -0.25) is 0 Å². The van der Waals surface area contributed by atoms with Crippen molar-refractivity contribution in [3.05, 3.63) is 18.2 Å². The maximum Gasteiger partial charge on any atom is 0.111 e. The molecule has 0 spiro atoms. The summed E-state index contributed by atoms with van der Waals surface area (Å²) in [4.78, 5) is 4.48. The van der Waals surface area contributed by atoms with Crippen LogP contribution in [-0.2, 0) is 7.05 Å². The molecule has 0 saturated heterocycles. The van der Waals surface area contributed by atoms with Gasteiger partial charge in [-0.1, -0.05) is 13.3 Å². The minimum Gasteiger partial charge on any atom is -0.338 e. The highest BCUT2D eigenvalue weighted by molar-refractivity contribution is 5.05. The summed E-state index contributed by atoms with van der Waals surface area (Å²) in [6.45, 7) is 2.28. The van der Waals surface area contributed by atoms with E-state index in [4.69, 9.17) is 5.73 Å². The van der Waals surface area contributed by atoms with Crippen molar-refractivity contribution in [1.29, 1.82) is 0 Å². The summed E-state index contributed by atoms with van der Waals surface area (Å²) in [5.41, 5.74) is 6.06. The minimum atomic E-state index is 0.370. The summed E-state index contributed by atoms with van der Waals surface area (Å²) in [6.07, 6.45) is 8.70. The SMILES string of the molecule is CCC1CCC(N)CC1c1nccn1C. The molecule has 84 valence electrons. The van der Waals surface area contributed by atoms with E-state index in [-0.39, 0.29) is 0 Å². The van der Waals surface area contributed by atoms with Crippen LogP contribution in [0.15, 0.2) is 12.4 Å². The summed E-state index contributed by atoms with van der Waals surface area (Å²) >= 11 is 0. The predicted molar refractivity (Wildman–Crippen MR) is 61.6 cm³/mol. The maximum atomic E-state index is 6.06. The van der Waals surface area contributed by atoms with Crippen LogP contribution in [0.5, 0.6) is 0 Å². The quantitative estimate of drug-likeness (QED) is 0.806. The van der Waals surface area contributed by atoms with E-state index in [2.05, 4.69) is 23.5 Å². The number of hydrogen-bond donors (Lipinski definition) is 1. The van der Waals surface area contributed by atoms with Crippen molar-refractivity contribution in [3.8, 4) is 0 Å². The zero-order valence-electron chi connectivity index (χ0n) is 9.69. The Bertz CT molecular complexity index is 318. The van der Waals surface area contributed by atoms with Gasteiger partial charge in [-0.25, -0.2) is 4.98 Å². The van der Waals surface area contributed by atoms with Crippen LogP contribution in [0, 0.1) is 5.92 Å². The molecule has 1 aliphatic rings. The van der Waals surface area contributed by atoms with Crippen molar-refractivity contribution >= 4 is 0 Å². The van der Waals surface area contributed by atoms with Gasteiger partial charge >= 0.3 is 0 Å². The van der Waals surface area contributed by atoms with Crippen LogP contribution < -0.4 is 5.73 Å². The second kappa shape index (κ2) is 4.35. The van der Waals surface area contributed by atoms with Gasteiger partial charge < -0.3 is 10.3 Å². The van der Waals surface area contributed by atoms with E-state index in [1.165, 1.54) is 25.1 Å². The average Bonchev–Trinajstić information content (AvgIpc) is 2.64. The van der Waals surface area contributed by atoms with Crippen LogP contribution in [-0.4, -0.2) is 15.6 Å². The van der Waals surface area contributed by atoms with E-state index in [1.54, 1.807) is 0 Å². The molecule has 3 nitrogen and oxygen atoms in total. The summed E-state index contributed by atoms with van der Waals surface area (Å²) in [5, 5.41) is 0. The van der Waals surface area contributed by atoms with E-state index in [0.29, 0.717) is 12.0 Å². The Morgan fingerprint density at radius 1 is 1.53 bits per heavy atom. The molecule has 1 aromatic rings. The summed E-state index contributed by atoms with van der Waals surface area (Å²) in [6, 6.07) is 0.370. The van der Waals surface area contributed by atoms with E-state index in [0.717, 1.165) is 12.3 Å². The lowest BCUT2D eigenvalue weighted by atomic mass is 9.75. The molecule has 15 heavy (non-hydrogen) atoms. The largest absolute Gasteiger partial charge is 0.338 e. The summed E-state index contributed by atoms with van der Waals surface area (Å²) < 4.78 is 2.14. The van der Waals surface area contributed by atoms with Crippen molar-refractivity contribution in [3.63, 3.8) is 0 Å². The molecule has 2 rings (SSSR count). The second-order valence-electron chi connectivity index (χ2n) is 4.74. The number of imidazole rings is 1. The third-order valence-electron chi connectivity index (χ3n) is 3.75. The standard InChI is InChI=1S/C12H21N3/c1-3-9-4-5-10(13)8-11(9)12-14-6-7-15(12)2/h6-7,9-11H,3-5,8,13H2,1-2H3. The molecule has 0 radical (unpaired) electrons. The van der Waals surface area contributed by atoms with Crippen molar-refractivity contribution in [2.24, 2.45) is 18.7 Å². The molecular formula is C12H21N3. The minimum absolute atomic E-state index is 0.370. The molecule has 2 N–H and O–H groups in total. The highest BCUT2D eigenvalue weighted by Crippen LogP contribution is 2.38. The monoisotopic (exact) mass is 207 g/mol. The van der Waals surface area contributed by atoms with Crippen LogP contribution in [0.2, 0.25) is 0 Å². The smallest absolute Gasteiger partial charge is 0.111 e. The molecule has 0 amide bonds. The average molecular weight is 207 g/mol. The van der Waals surface area contributed by atoms with Gasteiger partial charge in [-0.05, 0) is 25.2 Å². The summed E-state index contributed by atoms with van der Waals surface area (Å²) in [7, 11) is 2.08. The molecule has 1 saturated carbocycles. The van der Waals surface area contributed by atoms with E-state index in [9.17, 15) is 0 Å². The van der Waals surface area contributed by atoms with Crippen LogP contribution in [0.3, 0.4) is 0 Å². The lowest BCUT2D eigenvalue weighted by Gasteiger charge is -2.33. The lowest BCUT2D eigenvalue weighted by molar-refractivity contribution is 0.262. The first-order chi connectivity index (χ1) is 7.22. The third-order valence-corrected chi connectivity index (χ3v) is 3.75. The second-order valence-corrected chi connectivity index (χ2v) is 4.74. The molecule has 1 heterocycles. The van der Waals surface area contributed by atoms with Crippen LogP contribution in [0.25, 0.3) is 0 Å². The van der Waals surface area contributed by atoms with Crippen molar-refractivity contribution < 1.29 is 0 Å². The fourth-order valence-corrected chi connectivity index (χ4v) is 2.81. The Morgan fingerprint density at radius 2 is 2.33 bits per heavy atom. The number of rotatable bonds is 2. The molecule has 0 bridgehead atoms. The van der Waals surface area contributed by atoms with Gasteiger partial charge in [0.1, 0.15) is 5.82 Å². The molecule has 1 aromatic heterocycles. The Balaban J connectivity index is 2.20. The Morgan fingerprint density at radius 3 is 2.93 bits per heavy atom. The first-order valence-electron chi connectivity index (χ1n) is 5.95. The van der Waals surface area contributed by atoms with Gasteiger partial charge in [0.05, 0.1) is 0 Å². The van der Waals surface area contributed by atoms with Gasteiger partial charge in [0.25, 0.3) is 0 Å². The van der Waals surface area contributed by atoms with Crippen molar-refractivity contribution in [1.82, 2.24) is 9.55 Å². The predicted octanol–water partition coefficient (Wildman–Crippen LogP) is 2.04. The number of hydrogen-bond acceptors (Lipinski definition) is 2.